The van der Waals surface area contributed by atoms with Crippen molar-refractivity contribution in [2.24, 2.45) is 5.73 Å². The van der Waals surface area contributed by atoms with Crippen molar-refractivity contribution in [3.05, 3.63) is 20.8 Å². The molecule has 0 aliphatic heterocycles. The quantitative estimate of drug-likeness (QED) is 0.857. The molecule has 0 radical (unpaired) electrons. The number of halogens is 1. The van der Waals surface area contributed by atoms with E-state index in [4.69, 9.17) is 5.73 Å². The predicted molar refractivity (Wildman–Crippen MR) is 62.4 cm³/mol. The Morgan fingerprint density at radius 1 is 1.57 bits per heavy atom. The third kappa shape index (κ3) is 4.21. The Morgan fingerprint density at radius 3 is 2.93 bits per heavy atom. The molecule has 0 aliphatic carbocycles. The fourth-order valence-electron chi connectivity index (χ4n) is 1.03. The van der Waals surface area contributed by atoms with Crippen molar-refractivity contribution in [2.45, 2.75) is 12.8 Å². The number of nitrogens with one attached hydrogen (secondary N) is 1. The molecule has 1 amide bonds. The zero-order chi connectivity index (χ0) is 10.4. The molecule has 0 aliphatic rings. The lowest BCUT2D eigenvalue weighted by Crippen LogP contribution is -2.27. The first-order valence-corrected chi connectivity index (χ1v) is 6.04. The Bertz CT molecular complexity index is 301. The van der Waals surface area contributed by atoms with Gasteiger partial charge in [-0.2, -0.15) is 0 Å². The molecule has 0 unspecified atom stereocenters. The first-order chi connectivity index (χ1) is 6.72. The molecule has 0 fully saturated rings. The number of thiophene rings is 1. The number of rotatable bonds is 5. The van der Waals surface area contributed by atoms with Gasteiger partial charge in [-0.3, -0.25) is 4.79 Å². The molecule has 0 bridgehead atoms. The van der Waals surface area contributed by atoms with E-state index in [0.29, 0.717) is 19.5 Å². The molecule has 1 aromatic rings. The van der Waals surface area contributed by atoms with Crippen LogP contribution in [0, 0.1) is 0 Å². The topological polar surface area (TPSA) is 55.1 Å². The molecular weight excluding hydrogens is 264 g/mol. The van der Waals surface area contributed by atoms with Gasteiger partial charge in [0.1, 0.15) is 0 Å². The molecule has 0 spiro atoms. The molecule has 1 rings (SSSR count). The van der Waals surface area contributed by atoms with Crippen LogP contribution in [0.3, 0.4) is 0 Å². The highest BCUT2D eigenvalue weighted by Gasteiger charge is 2.00. The summed E-state index contributed by atoms with van der Waals surface area (Å²) in [5.74, 6) is 0.0307. The minimum atomic E-state index is 0.0307. The van der Waals surface area contributed by atoms with Crippen LogP contribution in [0.25, 0.3) is 0 Å². The van der Waals surface area contributed by atoms with Crippen molar-refractivity contribution >= 4 is 33.2 Å². The summed E-state index contributed by atoms with van der Waals surface area (Å²) in [6.07, 6.45) is 1.29. The standard InChI is InChI=1S/C9H13BrN2OS/c10-8-2-1-7(14-8)4-6-12-9(13)3-5-11/h1-2H,3-6,11H2,(H,12,13). The highest BCUT2D eigenvalue weighted by atomic mass is 79.9. The van der Waals surface area contributed by atoms with Crippen LogP contribution in [0.1, 0.15) is 11.3 Å². The number of nitrogens with two attached hydrogens (primary N) is 1. The molecule has 0 aromatic carbocycles. The van der Waals surface area contributed by atoms with E-state index in [2.05, 4.69) is 27.3 Å². The largest absolute Gasteiger partial charge is 0.356 e. The fourth-order valence-corrected chi connectivity index (χ4v) is 2.51. The predicted octanol–water partition coefficient (Wildman–Crippen LogP) is 1.52. The molecule has 5 heteroatoms. The lowest BCUT2D eigenvalue weighted by Gasteiger charge is -2.01. The summed E-state index contributed by atoms with van der Waals surface area (Å²) < 4.78 is 1.13. The van der Waals surface area contributed by atoms with Gasteiger partial charge in [-0.25, -0.2) is 0 Å². The number of hydrogen-bond donors (Lipinski definition) is 2. The summed E-state index contributed by atoms with van der Waals surface area (Å²) in [7, 11) is 0. The summed E-state index contributed by atoms with van der Waals surface area (Å²) in [5.41, 5.74) is 5.25. The lowest BCUT2D eigenvalue weighted by atomic mass is 10.3. The van der Waals surface area contributed by atoms with Crippen molar-refractivity contribution in [3.63, 3.8) is 0 Å². The van der Waals surface area contributed by atoms with E-state index in [-0.39, 0.29) is 5.91 Å². The van der Waals surface area contributed by atoms with Gasteiger partial charge in [0.15, 0.2) is 0 Å². The maximum atomic E-state index is 11.0. The van der Waals surface area contributed by atoms with E-state index >= 15 is 0 Å². The average Bonchev–Trinajstić information content (AvgIpc) is 2.52. The molecule has 14 heavy (non-hydrogen) atoms. The molecule has 0 saturated heterocycles. The van der Waals surface area contributed by atoms with Crippen molar-refractivity contribution < 1.29 is 4.79 Å². The minimum Gasteiger partial charge on any atom is -0.356 e. The van der Waals surface area contributed by atoms with Crippen molar-refractivity contribution in [1.29, 1.82) is 0 Å². The van der Waals surface area contributed by atoms with Gasteiger partial charge >= 0.3 is 0 Å². The number of carbonyl (C=O) groups excluding carboxylic acids is 1. The van der Waals surface area contributed by atoms with E-state index in [1.54, 1.807) is 11.3 Å². The van der Waals surface area contributed by atoms with E-state index in [1.165, 1.54) is 4.88 Å². The number of carbonyl (C=O) groups is 1. The fraction of sp³-hybridized carbons (Fsp3) is 0.444. The third-order valence-corrected chi connectivity index (χ3v) is 3.38. The minimum absolute atomic E-state index is 0.0307. The van der Waals surface area contributed by atoms with Gasteiger partial charge in [0.2, 0.25) is 5.91 Å². The van der Waals surface area contributed by atoms with Crippen LogP contribution >= 0.6 is 27.3 Å². The zero-order valence-corrected chi connectivity index (χ0v) is 10.2. The van der Waals surface area contributed by atoms with E-state index in [0.717, 1.165) is 10.2 Å². The van der Waals surface area contributed by atoms with Crippen molar-refractivity contribution in [1.82, 2.24) is 5.32 Å². The summed E-state index contributed by atoms with van der Waals surface area (Å²) in [4.78, 5) is 12.3. The highest BCUT2D eigenvalue weighted by molar-refractivity contribution is 9.11. The Balaban J connectivity index is 2.18. The summed E-state index contributed by atoms with van der Waals surface area (Å²) in [6, 6.07) is 4.07. The first-order valence-electron chi connectivity index (χ1n) is 4.43. The van der Waals surface area contributed by atoms with E-state index in [1.807, 2.05) is 6.07 Å². The van der Waals surface area contributed by atoms with Crippen LogP contribution in [0.4, 0.5) is 0 Å². The Kier molecular flexibility index (Phi) is 5.14. The van der Waals surface area contributed by atoms with Crippen molar-refractivity contribution in [2.75, 3.05) is 13.1 Å². The Hall–Kier alpha value is -0.390. The molecule has 0 saturated carbocycles. The molecule has 1 heterocycles. The van der Waals surface area contributed by atoms with Gasteiger partial charge in [-0.1, -0.05) is 0 Å². The normalized spacial score (nSPS) is 10.1. The smallest absolute Gasteiger partial charge is 0.221 e. The van der Waals surface area contributed by atoms with Crippen molar-refractivity contribution in [3.8, 4) is 0 Å². The summed E-state index contributed by atoms with van der Waals surface area (Å²) >= 11 is 5.09. The maximum absolute atomic E-state index is 11.0. The van der Waals surface area contributed by atoms with Crippen LogP contribution in [0.15, 0.2) is 15.9 Å². The maximum Gasteiger partial charge on any atom is 0.221 e. The van der Waals surface area contributed by atoms with Crippen LogP contribution in [0.5, 0.6) is 0 Å². The third-order valence-electron chi connectivity index (χ3n) is 1.69. The van der Waals surface area contributed by atoms with Gasteiger partial charge in [0.25, 0.3) is 0 Å². The average molecular weight is 277 g/mol. The van der Waals surface area contributed by atoms with Gasteiger partial charge in [-0.05, 0) is 34.5 Å². The lowest BCUT2D eigenvalue weighted by molar-refractivity contribution is -0.120. The SMILES string of the molecule is NCCC(=O)NCCc1ccc(Br)s1. The second-order valence-corrected chi connectivity index (χ2v) is 5.39. The Morgan fingerprint density at radius 2 is 2.36 bits per heavy atom. The zero-order valence-electron chi connectivity index (χ0n) is 7.75. The molecular formula is C9H13BrN2OS. The summed E-state index contributed by atoms with van der Waals surface area (Å²) in [6.45, 7) is 1.10. The van der Waals surface area contributed by atoms with Gasteiger partial charge in [-0.15, -0.1) is 11.3 Å². The molecule has 78 valence electrons. The molecule has 3 N–H and O–H groups in total. The summed E-state index contributed by atoms with van der Waals surface area (Å²) in [5, 5.41) is 2.81. The van der Waals surface area contributed by atoms with Crippen LogP contribution in [-0.4, -0.2) is 19.0 Å². The van der Waals surface area contributed by atoms with Crippen LogP contribution < -0.4 is 11.1 Å². The van der Waals surface area contributed by atoms with E-state index in [9.17, 15) is 4.79 Å². The molecule has 0 atom stereocenters. The molecule has 3 nitrogen and oxygen atoms in total. The second kappa shape index (κ2) is 6.16. The second-order valence-electron chi connectivity index (χ2n) is 2.84. The molecule has 1 aromatic heterocycles. The number of hydrogen-bond acceptors (Lipinski definition) is 3. The van der Waals surface area contributed by atoms with E-state index < -0.39 is 0 Å². The van der Waals surface area contributed by atoms with Crippen LogP contribution in [-0.2, 0) is 11.2 Å². The van der Waals surface area contributed by atoms with Gasteiger partial charge in [0.05, 0.1) is 3.79 Å². The number of amides is 1. The first kappa shape index (κ1) is 11.7. The monoisotopic (exact) mass is 276 g/mol. The van der Waals surface area contributed by atoms with Crippen LogP contribution in [0.2, 0.25) is 0 Å². The highest BCUT2D eigenvalue weighted by Crippen LogP contribution is 2.21. The van der Waals surface area contributed by atoms with Gasteiger partial charge in [0, 0.05) is 24.4 Å². The Labute approximate surface area is 95.8 Å². The van der Waals surface area contributed by atoms with Gasteiger partial charge < -0.3 is 11.1 Å².